The molecule has 2 atom stereocenters. The number of ether oxygens (including phenoxy) is 1. The SMILES string of the molecule is O=C(c1ccccc1)c1ccc(OC(O)C(O)CCO)cc1. The van der Waals surface area contributed by atoms with Gasteiger partial charge in [-0.05, 0) is 24.3 Å². The lowest BCUT2D eigenvalue weighted by Gasteiger charge is -2.18. The van der Waals surface area contributed by atoms with Gasteiger partial charge in [0, 0.05) is 24.2 Å². The average molecular weight is 302 g/mol. The van der Waals surface area contributed by atoms with Gasteiger partial charge in [-0.2, -0.15) is 0 Å². The zero-order valence-electron chi connectivity index (χ0n) is 11.9. The fourth-order valence-corrected chi connectivity index (χ4v) is 1.93. The number of benzene rings is 2. The van der Waals surface area contributed by atoms with Crippen molar-refractivity contribution < 1.29 is 24.9 Å². The maximum atomic E-state index is 12.2. The van der Waals surface area contributed by atoms with Crippen LogP contribution in [0.4, 0.5) is 0 Å². The Morgan fingerprint density at radius 3 is 2.14 bits per heavy atom. The molecule has 0 bridgehead atoms. The van der Waals surface area contributed by atoms with Gasteiger partial charge >= 0.3 is 0 Å². The lowest BCUT2D eigenvalue weighted by molar-refractivity contribution is -0.109. The largest absolute Gasteiger partial charge is 0.462 e. The first-order chi connectivity index (χ1) is 10.6. The zero-order valence-corrected chi connectivity index (χ0v) is 11.9. The van der Waals surface area contributed by atoms with E-state index in [1.807, 2.05) is 6.07 Å². The van der Waals surface area contributed by atoms with E-state index in [9.17, 15) is 15.0 Å². The Bertz CT molecular complexity index is 594. The van der Waals surface area contributed by atoms with E-state index in [1.165, 1.54) is 0 Å². The second-order valence-electron chi connectivity index (χ2n) is 4.81. The molecule has 22 heavy (non-hydrogen) atoms. The quantitative estimate of drug-likeness (QED) is 0.531. The first-order valence-corrected chi connectivity index (χ1v) is 6.95. The third-order valence-corrected chi connectivity index (χ3v) is 3.16. The van der Waals surface area contributed by atoms with Crippen molar-refractivity contribution >= 4 is 5.78 Å². The predicted molar refractivity (Wildman–Crippen MR) is 80.7 cm³/mol. The molecule has 2 aromatic rings. The number of aliphatic hydroxyl groups is 3. The average Bonchev–Trinajstić information content (AvgIpc) is 2.56. The van der Waals surface area contributed by atoms with Crippen molar-refractivity contribution in [1.82, 2.24) is 0 Å². The van der Waals surface area contributed by atoms with E-state index in [0.717, 1.165) is 0 Å². The summed E-state index contributed by atoms with van der Waals surface area (Å²) in [6.07, 6.45) is -2.58. The summed E-state index contributed by atoms with van der Waals surface area (Å²) in [7, 11) is 0. The molecule has 3 N–H and O–H groups in total. The normalized spacial score (nSPS) is 13.4. The number of hydrogen-bond donors (Lipinski definition) is 3. The van der Waals surface area contributed by atoms with Crippen LogP contribution in [0.3, 0.4) is 0 Å². The second kappa shape index (κ2) is 7.70. The summed E-state index contributed by atoms with van der Waals surface area (Å²) < 4.78 is 5.15. The fraction of sp³-hybridized carbons (Fsp3) is 0.235. The Labute approximate surface area is 128 Å². The molecule has 0 saturated carbocycles. The van der Waals surface area contributed by atoms with Crippen LogP contribution in [0.5, 0.6) is 5.75 Å². The molecule has 5 nitrogen and oxygen atoms in total. The van der Waals surface area contributed by atoms with Crippen molar-refractivity contribution in [2.45, 2.75) is 18.8 Å². The summed E-state index contributed by atoms with van der Waals surface area (Å²) in [4.78, 5) is 12.2. The Kier molecular flexibility index (Phi) is 5.66. The number of ketones is 1. The van der Waals surface area contributed by atoms with Crippen LogP contribution in [-0.2, 0) is 0 Å². The number of hydrogen-bond acceptors (Lipinski definition) is 5. The van der Waals surface area contributed by atoms with Crippen LogP contribution in [0.2, 0.25) is 0 Å². The molecular formula is C17H18O5. The van der Waals surface area contributed by atoms with Crippen molar-refractivity contribution in [2.75, 3.05) is 6.61 Å². The van der Waals surface area contributed by atoms with E-state index in [2.05, 4.69) is 0 Å². The first-order valence-electron chi connectivity index (χ1n) is 6.95. The molecule has 0 fully saturated rings. The fourth-order valence-electron chi connectivity index (χ4n) is 1.93. The van der Waals surface area contributed by atoms with Crippen LogP contribution >= 0.6 is 0 Å². The molecule has 0 aliphatic heterocycles. The van der Waals surface area contributed by atoms with Gasteiger partial charge in [0.2, 0.25) is 6.29 Å². The van der Waals surface area contributed by atoms with Crippen LogP contribution in [0.15, 0.2) is 54.6 Å². The van der Waals surface area contributed by atoms with Crippen molar-refractivity contribution in [3.63, 3.8) is 0 Å². The van der Waals surface area contributed by atoms with Crippen LogP contribution < -0.4 is 4.74 Å². The zero-order chi connectivity index (χ0) is 15.9. The maximum Gasteiger partial charge on any atom is 0.223 e. The Hall–Kier alpha value is -2.21. The standard InChI is InChI=1S/C17H18O5/c18-11-10-15(19)17(21)22-14-8-6-13(7-9-14)16(20)12-4-2-1-3-5-12/h1-9,15,17-19,21H,10-11H2. The van der Waals surface area contributed by atoms with Crippen molar-refractivity contribution in [3.05, 3.63) is 65.7 Å². The highest BCUT2D eigenvalue weighted by molar-refractivity contribution is 6.08. The highest BCUT2D eigenvalue weighted by atomic mass is 16.6. The molecule has 2 rings (SSSR count). The third-order valence-electron chi connectivity index (χ3n) is 3.16. The minimum absolute atomic E-state index is 0.0196. The highest BCUT2D eigenvalue weighted by Crippen LogP contribution is 2.17. The molecule has 116 valence electrons. The van der Waals surface area contributed by atoms with Gasteiger partial charge in [-0.3, -0.25) is 4.79 Å². The van der Waals surface area contributed by atoms with Gasteiger partial charge in [0.05, 0.1) is 0 Å². The van der Waals surface area contributed by atoms with Gasteiger partial charge in [-0.25, -0.2) is 0 Å². The van der Waals surface area contributed by atoms with Gasteiger partial charge in [-0.1, -0.05) is 30.3 Å². The van der Waals surface area contributed by atoms with Crippen molar-refractivity contribution in [3.8, 4) is 5.75 Å². The number of carbonyl (C=O) groups excluding carboxylic acids is 1. The molecule has 0 spiro atoms. The van der Waals surface area contributed by atoms with Gasteiger partial charge in [0.1, 0.15) is 11.9 Å². The van der Waals surface area contributed by atoms with E-state index in [-0.39, 0.29) is 18.8 Å². The predicted octanol–water partition coefficient (Wildman–Crippen LogP) is 1.36. The van der Waals surface area contributed by atoms with E-state index >= 15 is 0 Å². The van der Waals surface area contributed by atoms with E-state index in [1.54, 1.807) is 48.5 Å². The van der Waals surface area contributed by atoms with Gasteiger partial charge in [-0.15, -0.1) is 0 Å². The summed E-state index contributed by atoms with van der Waals surface area (Å²) in [5.41, 5.74) is 1.10. The van der Waals surface area contributed by atoms with Crippen molar-refractivity contribution in [1.29, 1.82) is 0 Å². The highest BCUT2D eigenvalue weighted by Gasteiger charge is 2.17. The van der Waals surface area contributed by atoms with Crippen LogP contribution in [0.1, 0.15) is 22.3 Å². The van der Waals surface area contributed by atoms with Gasteiger partial charge in [0.15, 0.2) is 5.78 Å². The summed E-state index contributed by atoms with van der Waals surface area (Å²) in [6.45, 7) is -0.244. The number of rotatable bonds is 7. The van der Waals surface area contributed by atoms with E-state index in [0.29, 0.717) is 16.9 Å². The Balaban J connectivity index is 2.03. The van der Waals surface area contributed by atoms with Crippen molar-refractivity contribution in [2.24, 2.45) is 0 Å². The molecule has 2 unspecified atom stereocenters. The molecule has 0 aliphatic carbocycles. The molecule has 5 heteroatoms. The monoisotopic (exact) mass is 302 g/mol. The molecular weight excluding hydrogens is 284 g/mol. The lowest BCUT2D eigenvalue weighted by atomic mass is 10.0. The molecule has 0 radical (unpaired) electrons. The Morgan fingerprint density at radius 2 is 1.55 bits per heavy atom. The van der Waals surface area contributed by atoms with E-state index in [4.69, 9.17) is 9.84 Å². The van der Waals surface area contributed by atoms with E-state index < -0.39 is 12.4 Å². The number of carbonyl (C=O) groups is 1. The summed E-state index contributed by atoms with van der Waals surface area (Å²) >= 11 is 0. The van der Waals surface area contributed by atoms with Crippen LogP contribution in [0, 0.1) is 0 Å². The molecule has 0 amide bonds. The maximum absolute atomic E-state index is 12.2. The molecule has 0 aromatic heterocycles. The topological polar surface area (TPSA) is 87.0 Å². The summed E-state index contributed by atoms with van der Waals surface area (Å²) in [5, 5.41) is 27.8. The number of aliphatic hydroxyl groups excluding tert-OH is 3. The van der Waals surface area contributed by atoms with Gasteiger partial charge in [0.25, 0.3) is 0 Å². The lowest BCUT2D eigenvalue weighted by Crippen LogP contribution is -2.32. The molecule has 2 aromatic carbocycles. The smallest absolute Gasteiger partial charge is 0.223 e. The molecule has 0 aliphatic rings. The molecule has 0 heterocycles. The summed E-state index contributed by atoms with van der Waals surface area (Å²) in [6, 6.07) is 15.2. The molecule has 0 saturated heterocycles. The van der Waals surface area contributed by atoms with Crippen LogP contribution in [0.25, 0.3) is 0 Å². The minimum atomic E-state index is -1.43. The summed E-state index contributed by atoms with van der Waals surface area (Å²) in [5.74, 6) is 0.224. The second-order valence-corrected chi connectivity index (χ2v) is 4.81. The van der Waals surface area contributed by atoms with Crippen LogP contribution in [-0.4, -0.2) is 40.1 Å². The van der Waals surface area contributed by atoms with Gasteiger partial charge < -0.3 is 20.1 Å². The minimum Gasteiger partial charge on any atom is -0.462 e. The Morgan fingerprint density at radius 1 is 0.955 bits per heavy atom. The third kappa shape index (κ3) is 4.14. The first kappa shape index (κ1) is 16.2.